The Bertz CT molecular complexity index is 2800. The molecule has 6 fully saturated rings. The third-order valence-corrected chi connectivity index (χ3v) is 17.3. The number of benzene rings is 3. The fourth-order valence-corrected chi connectivity index (χ4v) is 13.2. The van der Waals surface area contributed by atoms with Gasteiger partial charge < -0.3 is 35.0 Å². The number of piperidine rings is 6. The molecule has 0 spiro atoms. The van der Waals surface area contributed by atoms with Crippen molar-refractivity contribution in [3.8, 4) is 22.8 Å². The Morgan fingerprint density at radius 1 is 0.556 bits per heavy atom. The Hall–Kier alpha value is -6.27. The molecule has 0 bridgehead atoms. The van der Waals surface area contributed by atoms with Crippen LogP contribution in [-0.4, -0.2) is 164 Å². The number of imide groups is 2. The van der Waals surface area contributed by atoms with Crippen molar-refractivity contribution in [3.05, 3.63) is 90.3 Å². The summed E-state index contributed by atoms with van der Waals surface area (Å²) in [5.74, 6) is 0.142. The van der Waals surface area contributed by atoms with Gasteiger partial charge in [0.1, 0.15) is 35.4 Å². The maximum absolute atomic E-state index is 13.4. The summed E-state index contributed by atoms with van der Waals surface area (Å²) in [5.41, 5.74) is 10.7. The average molecular weight is 975 g/mol. The number of aromatic nitrogens is 4. The number of amides is 4. The molecule has 72 heavy (non-hydrogen) atoms. The summed E-state index contributed by atoms with van der Waals surface area (Å²) in [6.45, 7) is 11.0. The molecule has 4 amide bonds. The molecular formula is C55H66N12O5. The first-order valence-corrected chi connectivity index (χ1v) is 26.6. The van der Waals surface area contributed by atoms with Crippen LogP contribution in [0.4, 0.5) is 11.5 Å². The standard InChI is InChI=1S/C55H66N12O5/c56-51-49-50(36-6-9-44(10-7-36)72-43-4-2-1-3-5-43)60-67(52(49)58-35-57-51)41-22-32-64(33-23-41)39-18-28-62(29-19-39)37-14-24-61(25-15-37)38-16-26-63(27-17-38)40-20-30-65(31-21-40)42-8-11-45-46(34-42)55(71)66(54(45)70)47-12-13-48(68)59-53(47)69/h1-11,34-35,37-41,47H,12-33H2,(H2,56,57,58)(H,59,68,69). The predicted octanol–water partition coefficient (Wildman–Crippen LogP) is 5.97. The Labute approximate surface area is 420 Å². The number of carbonyl (C=O) groups excluding carboxylic acids is 4. The lowest BCUT2D eigenvalue weighted by atomic mass is 9.93. The second-order valence-corrected chi connectivity index (χ2v) is 21.2. The molecule has 12 rings (SSSR count). The molecule has 7 aliphatic heterocycles. The molecule has 1 atom stereocenters. The quantitative estimate of drug-likeness (QED) is 0.157. The molecule has 5 aromatic rings. The topological polar surface area (TPSA) is 179 Å². The van der Waals surface area contributed by atoms with Gasteiger partial charge in [-0.15, -0.1) is 0 Å². The normalized spacial score (nSPS) is 23.6. The summed E-state index contributed by atoms with van der Waals surface area (Å²) in [4.78, 5) is 74.4. The SMILES string of the molecule is Nc1ncnc2c1c(-c1ccc(Oc3ccccc3)cc1)nn2C1CCN(C2CCN(C3CCN(C4CCN(C5CCN(c6ccc7c(c6)C(=O)N(C6CCC(=O)NC6=O)C7=O)CC5)CC4)CC3)CC2)CC1. The minimum atomic E-state index is -0.953. The number of ether oxygens (including phenoxy) is 1. The van der Waals surface area contributed by atoms with Gasteiger partial charge in [-0.05, 0) is 164 Å². The summed E-state index contributed by atoms with van der Waals surface area (Å²) in [6, 6.07) is 25.1. The minimum absolute atomic E-state index is 0.110. The lowest BCUT2D eigenvalue weighted by molar-refractivity contribution is -0.136. The van der Waals surface area contributed by atoms with Crippen molar-refractivity contribution < 1.29 is 23.9 Å². The molecule has 3 aromatic carbocycles. The maximum atomic E-state index is 13.4. The number of hydrogen-bond acceptors (Lipinski definition) is 14. The highest BCUT2D eigenvalue weighted by Crippen LogP contribution is 2.38. The summed E-state index contributed by atoms with van der Waals surface area (Å²) in [7, 11) is 0. The Morgan fingerprint density at radius 2 is 1.08 bits per heavy atom. The van der Waals surface area contributed by atoms with Crippen LogP contribution < -0.4 is 20.7 Å². The lowest BCUT2D eigenvalue weighted by Gasteiger charge is -2.48. The van der Waals surface area contributed by atoms with Crippen molar-refractivity contribution in [2.24, 2.45) is 0 Å². The van der Waals surface area contributed by atoms with E-state index in [1.807, 2.05) is 66.7 Å². The van der Waals surface area contributed by atoms with E-state index in [2.05, 4.69) is 39.5 Å². The van der Waals surface area contributed by atoms with Crippen molar-refractivity contribution in [3.63, 3.8) is 0 Å². The van der Waals surface area contributed by atoms with Gasteiger partial charge in [-0.1, -0.05) is 18.2 Å². The van der Waals surface area contributed by atoms with Gasteiger partial charge >= 0.3 is 0 Å². The van der Waals surface area contributed by atoms with E-state index in [9.17, 15) is 19.2 Å². The van der Waals surface area contributed by atoms with Crippen LogP contribution in [0.1, 0.15) is 104 Å². The zero-order chi connectivity index (χ0) is 48.9. The van der Waals surface area contributed by atoms with Crippen LogP contribution in [0.5, 0.6) is 11.5 Å². The minimum Gasteiger partial charge on any atom is -0.457 e. The summed E-state index contributed by atoms with van der Waals surface area (Å²) < 4.78 is 8.17. The highest BCUT2D eigenvalue weighted by atomic mass is 16.5. The first-order chi connectivity index (χ1) is 35.2. The Morgan fingerprint density at radius 3 is 1.65 bits per heavy atom. The van der Waals surface area contributed by atoms with Crippen LogP contribution in [0.25, 0.3) is 22.3 Å². The molecule has 2 aromatic heterocycles. The molecule has 0 aliphatic carbocycles. The van der Waals surface area contributed by atoms with Crippen LogP contribution in [0.3, 0.4) is 0 Å². The summed E-state index contributed by atoms with van der Waals surface area (Å²) in [5, 5.41) is 8.27. The number of nitrogens with two attached hydrogens (primary N) is 1. The van der Waals surface area contributed by atoms with Gasteiger partial charge in [0.15, 0.2) is 5.65 Å². The zero-order valence-electron chi connectivity index (χ0n) is 41.1. The molecule has 6 saturated heterocycles. The van der Waals surface area contributed by atoms with E-state index in [0.717, 1.165) is 109 Å². The summed E-state index contributed by atoms with van der Waals surface area (Å²) >= 11 is 0. The third kappa shape index (κ3) is 9.13. The number of nitrogen functional groups attached to an aromatic ring is 1. The van der Waals surface area contributed by atoms with Crippen LogP contribution in [0.15, 0.2) is 79.1 Å². The first-order valence-electron chi connectivity index (χ1n) is 26.6. The number of nitrogens with one attached hydrogen (secondary N) is 1. The maximum Gasteiger partial charge on any atom is 0.262 e. The van der Waals surface area contributed by atoms with E-state index in [1.165, 1.54) is 64.7 Å². The van der Waals surface area contributed by atoms with Gasteiger partial charge in [0.05, 0.1) is 22.6 Å². The molecule has 3 N–H and O–H groups in total. The van der Waals surface area contributed by atoms with E-state index in [0.29, 0.717) is 41.1 Å². The number of anilines is 2. The lowest BCUT2D eigenvalue weighted by Crippen LogP contribution is -2.55. The summed E-state index contributed by atoms with van der Waals surface area (Å²) in [6.07, 6.45) is 13.5. The van der Waals surface area contributed by atoms with Gasteiger partial charge in [0, 0.05) is 68.0 Å². The van der Waals surface area contributed by atoms with Gasteiger partial charge in [0.2, 0.25) is 11.8 Å². The van der Waals surface area contributed by atoms with Crippen LogP contribution in [0.2, 0.25) is 0 Å². The number of hydrogen-bond donors (Lipinski definition) is 2. The van der Waals surface area contributed by atoms with Gasteiger partial charge in [0.25, 0.3) is 11.8 Å². The molecule has 0 saturated carbocycles. The Kier molecular flexibility index (Phi) is 13.0. The molecule has 1 unspecified atom stereocenters. The average Bonchev–Trinajstić information content (AvgIpc) is 3.94. The number of carbonyl (C=O) groups is 4. The molecule has 0 radical (unpaired) electrons. The number of fused-ring (bicyclic) bond motifs is 2. The number of para-hydroxylation sites is 1. The predicted molar refractivity (Wildman–Crippen MR) is 274 cm³/mol. The van der Waals surface area contributed by atoms with Crippen molar-refractivity contribution in [1.29, 1.82) is 0 Å². The second-order valence-electron chi connectivity index (χ2n) is 21.2. The monoisotopic (exact) mass is 975 g/mol. The van der Waals surface area contributed by atoms with E-state index >= 15 is 0 Å². The van der Waals surface area contributed by atoms with Crippen molar-refractivity contribution in [2.75, 3.05) is 76.1 Å². The van der Waals surface area contributed by atoms with Gasteiger partial charge in [-0.2, -0.15) is 5.10 Å². The third-order valence-electron chi connectivity index (χ3n) is 17.3. The molecular weight excluding hydrogens is 909 g/mol. The first kappa shape index (κ1) is 46.8. The van der Waals surface area contributed by atoms with E-state index in [4.69, 9.17) is 20.6 Å². The fraction of sp³-hybridized carbons (Fsp3) is 0.509. The van der Waals surface area contributed by atoms with Crippen LogP contribution >= 0.6 is 0 Å². The zero-order valence-corrected chi connectivity index (χ0v) is 41.1. The Balaban J connectivity index is 0.571. The van der Waals surface area contributed by atoms with E-state index < -0.39 is 23.8 Å². The number of nitrogens with zero attached hydrogens (tertiary/aromatic N) is 10. The van der Waals surface area contributed by atoms with Crippen LogP contribution in [0, 0.1) is 0 Å². The molecule has 7 aliphatic rings. The van der Waals surface area contributed by atoms with Crippen LogP contribution in [-0.2, 0) is 9.59 Å². The van der Waals surface area contributed by atoms with Crippen molar-refractivity contribution in [2.45, 2.75) is 113 Å². The number of likely N-dealkylation sites (tertiary alicyclic amines) is 4. The van der Waals surface area contributed by atoms with Gasteiger partial charge in [-0.25, -0.2) is 14.6 Å². The molecule has 17 heteroatoms. The van der Waals surface area contributed by atoms with Gasteiger partial charge in [-0.3, -0.25) is 29.4 Å². The van der Waals surface area contributed by atoms with E-state index in [-0.39, 0.29) is 24.8 Å². The second kappa shape index (κ2) is 20.0. The highest BCUT2D eigenvalue weighted by molar-refractivity contribution is 6.23. The molecule has 9 heterocycles. The smallest absolute Gasteiger partial charge is 0.262 e. The highest BCUT2D eigenvalue weighted by Gasteiger charge is 2.45. The van der Waals surface area contributed by atoms with E-state index in [1.54, 1.807) is 12.4 Å². The number of rotatable bonds is 10. The molecule has 376 valence electrons. The molecule has 17 nitrogen and oxygen atoms in total. The largest absolute Gasteiger partial charge is 0.457 e. The van der Waals surface area contributed by atoms with Crippen molar-refractivity contribution in [1.82, 2.24) is 49.6 Å². The van der Waals surface area contributed by atoms with Crippen molar-refractivity contribution >= 4 is 46.2 Å². The fourth-order valence-electron chi connectivity index (χ4n) is 13.2.